The van der Waals surface area contributed by atoms with Gasteiger partial charge >= 0.3 is 0 Å². The molecule has 138 valence electrons. The molecule has 1 saturated heterocycles. The lowest BCUT2D eigenvalue weighted by molar-refractivity contribution is 0.0937. The third-order valence-corrected chi connectivity index (χ3v) is 5.83. The van der Waals surface area contributed by atoms with E-state index in [1.807, 2.05) is 6.07 Å². The summed E-state index contributed by atoms with van der Waals surface area (Å²) in [5.41, 5.74) is 8.28. The van der Waals surface area contributed by atoms with Crippen molar-refractivity contribution in [3.05, 3.63) is 39.4 Å². The van der Waals surface area contributed by atoms with Crippen molar-refractivity contribution in [2.75, 3.05) is 23.7 Å². The summed E-state index contributed by atoms with van der Waals surface area (Å²) in [5.74, 6) is 2.91. The highest BCUT2D eigenvalue weighted by atomic mass is 35.5. The zero-order valence-electron chi connectivity index (χ0n) is 14.4. The lowest BCUT2D eigenvalue weighted by atomic mass is 10.0. The van der Waals surface area contributed by atoms with Crippen LogP contribution in [-0.4, -0.2) is 39.6 Å². The second-order valence-corrected chi connectivity index (χ2v) is 8.04. The van der Waals surface area contributed by atoms with E-state index in [-0.39, 0.29) is 11.9 Å². The van der Waals surface area contributed by atoms with Crippen LogP contribution in [0, 0.1) is 12.3 Å². The largest absolute Gasteiger partial charge is 0.382 e. The number of amides is 1. The van der Waals surface area contributed by atoms with Gasteiger partial charge < -0.3 is 16.0 Å². The molecule has 27 heavy (non-hydrogen) atoms. The Morgan fingerprint density at radius 2 is 2.33 bits per heavy atom. The lowest BCUT2D eigenvalue weighted by Gasteiger charge is -2.34. The van der Waals surface area contributed by atoms with E-state index in [2.05, 4.69) is 26.2 Å². The molecule has 0 aliphatic carbocycles. The second kappa shape index (κ2) is 7.10. The Morgan fingerprint density at radius 1 is 1.48 bits per heavy atom. The van der Waals surface area contributed by atoms with Crippen LogP contribution in [0.4, 0.5) is 11.5 Å². The van der Waals surface area contributed by atoms with Gasteiger partial charge in [0.1, 0.15) is 17.5 Å². The number of thiophene rings is 1. The van der Waals surface area contributed by atoms with Crippen LogP contribution in [-0.2, 0) is 0 Å². The average molecular weight is 401 g/mol. The summed E-state index contributed by atoms with van der Waals surface area (Å²) in [4.78, 5) is 19.3. The molecular formula is C18H17ClN6OS. The molecule has 4 rings (SSSR count). The number of nitrogens with one attached hydrogen (secondary N) is 1. The van der Waals surface area contributed by atoms with E-state index in [0.29, 0.717) is 32.8 Å². The van der Waals surface area contributed by atoms with Crippen molar-refractivity contribution in [1.82, 2.24) is 19.9 Å². The molecule has 1 atom stereocenters. The van der Waals surface area contributed by atoms with Gasteiger partial charge in [-0.25, -0.2) is 9.50 Å². The van der Waals surface area contributed by atoms with E-state index in [1.165, 1.54) is 17.7 Å². The lowest BCUT2D eigenvalue weighted by Crippen LogP contribution is -2.47. The normalized spacial score (nSPS) is 17.0. The van der Waals surface area contributed by atoms with Crippen molar-refractivity contribution in [3.8, 4) is 12.3 Å². The number of fused-ring (bicyclic) bond motifs is 1. The Labute approximate surface area is 165 Å². The van der Waals surface area contributed by atoms with Crippen LogP contribution in [0.2, 0.25) is 4.34 Å². The van der Waals surface area contributed by atoms with E-state index in [0.717, 1.165) is 25.1 Å². The molecule has 1 fully saturated rings. The summed E-state index contributed by atoms with van der Waals surface area (Å²) >= 11 is 7.20. The zero-order valence-corrected chi connectivity index (χ0v) is 15.9. The van der Waals surface area contributed by atoms with Gasteiger partial charge in [-0.05, 0) is 31.0 Å². The van der Waals surface area contributed by atoms with Crippen LogP contribution < -0.4 is 16.0 Å². The van der Waals surface area contributed by atoms with E-state index in [4.69, 9.17) is 23.8 Å². The summed E-state index contributed by atoms with van der Waals surface area (Å²) < 4.78 is 2.23. The summed E-state index contributed by atoms with van der Waals surface area (Å²) in [6.45, 7) is 1.50. The second-order valence-electron chi connectivity index (χ2n) is 6.33. The number of hydrogen-bond donors (Lipinski definition) is 2. The number of rotatable bonds is 3. The Morgan fingerprint density at radius 3 is 3.07 bits per heavy atom. The minimum atomic E-state index is -0.104. The topological polar surface area (TPSA) is 88.5 Å². The van der Waals surface area contributed by atoms with Gasteiger partial charge in [-0.1, -0.05) is 17.5 Å². The third-order valence-electron chi connectivity index (χ3n) is 4.60. The minimum Gasteiger partial charge on any atom is -0.382 e. The number of anilines is 2. The highest BCUT2D eigenvalue weighted by Crippen LogP contribution is 2.30. The highest BCUT2D eigenvalue weighted by molar-refractivity contribution is 7.18. The fourth-order valence-electron chi connectivity index (χ4n) is 3.40. The van der Waals surface area contributed by atoms with Crippen LogP contribution in [0.3, 0.4) is 0 Å². The predicted molar refractivity (Wildman–Crippen MR) is 107 cm³/mol. The van der Waals surface area contributed by atoms with E-state index < -0.39 is 0 Å². The molecule has 4 heterocycles. The first kappa shape index (κ1) is 17.6. The van der Waals surface area contributed by atoms with Crippen LogP contribution in [0.1, 0.15) is 28.2 Å². The number of carbonyl (C=O) groups is 1. The van der Waals surface area contributed by atoms with E-state index >= 15 is 0 Å². The highest BCUT2D eigenvalue weighted by Gasteiger charge is 2.26. The number of terminal acetylenes is 1. The van der Waals surface area contributed by atoms with Crippen LogP contribution in [0.5, 0.6) is 0 Å². The molecule has 9 heteroatoms. The molecule has 3 aromatic rings. The van der Waals surface area contributed by atoms with Gasteiger partial charge in [-0.15, -0.1) is 17.8 Å². The molecule has 7 nitrogen and oxygen atoms in total. The molecule has 0 radical (unpaired) electrons. The number of carbonyl (C=O) groups excluding carboxylic acids is 1. The maximum absolute atomic E-state index is 12.4. The molecule has 1 unspecified atom stereocenters. The van der Waals surface area contributed by atoms with E-state index in [1.54, 1.807) is 16.6 Å². The summed E-state index contributed by atoms with van der Waals surface area (Å²) in [7, 11) is 0. The van der Waals surface area contributed by atoms with Gasteiger partial charge in [0.25, 0.3) is 5.91 Å². The number of nitrogen functional groups attached to an aromatic ring is 1. The zero-order chi connectivity index (χ0) is 19.0. The number of nitrogens with zero attached hydrogens (tertiary/aromatic N) is 4. The molecule has 1 aliphatic heterocycles. The molecule has 0 aromatic carbocycles. The van der Waals surface area contributed by atoms with Gasteiger partial charge in [0, 0.05) is 19.1 Å². The maximum atomic E-state index is 12.4. The average Bonchev–Trinajstić information content (AvgIpc) is 3.26. The maximum Gasteiger partial charge on any atom is 0.261 e. The molecule has 1 aliphatic rings. The number of piperidine rings is 1. The fourth-order valence-corrected chi connectivity index (χ4v) is 4.35. The van der Waals surface area contributed by atoms with Gasteiger partial charge in [0.05, 0.1) is 14.9 Å². The first-order valence-corrected chi connectivity index (χ1v) is 9.66. The molecule has 0 saturated carbocycles. The van der Waals surface area contributed by atoms with Gasteiger partial charge in [-0.2, -0.15) is 5.10 Å². The Balaban J connectivity index is 1.58. The molecule has 3 aromatic heterocycles. The minimum absolute atomic E-state index is 0.0159. The molecule has 0 spiro atoms. The van der Waals surface area contributed by atoms with Crippen LogP contribution in [0.15, 0.2) is 24.5 Å². The predicted octanol–water partition coefficient (Wildman–Crippen LogP) is 2.41. The van der Waals surface area contributed by atoms with Crippen molar-refractivity contribution >= 4 is 45.9 Å². The van der Waals surface area contributed by atoms with E-state index in [9.17, 15) is 4.79 Å². The number of hydrogen-bond acceptors (Lipinski definition) is 6. The molecule has 1 amide bonds. The quantitative estimate of drug-likeness (QED) is 0.659. The number of halogens is 1. The van der Waals surface area contributed by atoms with Crippen molar-refractivity contribution < 1.29 is 4.79 Å². The van der Waals surface area contributed by atoms with Crippen molar-refractivity contribution in [3.63, 3.8) is 0 Å². The Hall–Kier alpha value is -2.76. The van der Waals surface area contributed by atoms with Crippen molar-refractivity contribution in [1.29, 1.82) is 0 Å². The van der Waals surface area contributed by atoms with Crippen molar-refractivity contribution in [2.45, 2.75) is 18.9 Å². The number of nitrogens with two attached hydrogens (primary N) is 1. The fraction of sp³-hybridized carbons (Fsp3) is 0.278. The smallest absolute Gasteiger partial charge is 0.261 e. The van der Waals surface area contributed by atoms with Gasteiger partial charge in [0.2, 0.25) is 0 Å². The monoisotopic (exact) mass is 400 g/mol. The third kappa shape index (κ3) is 3.31. The molecule has 3 N–H and O–H groups in total. The summed E-state index contributed by atoms with van der Waals surface area (Å²) in [6, 6.07) is 5.37. The molecule has 0 bridgehead atoms. The van der Waals surface area contributed by atoms with Crippen LogP contribution >= 0.6 is 22.9 Å². The standard InChI is InChI=1S/C18H17ClN6OS/c1-2-12-8-13(16-17(20)21-10-22-25(12)16)24-7-3-4-11(9-24)23-18(26)14-5-6-15(19)27-14/h1,5-6,8,10-11H,3-4,7,9H2,(H,23,26)(H2,20,21,22). The van der Waals surface area contributed by atoms with Crippen molar-refractivity contribution in [2.24, 2.45) is 0 Å². The van der Waals surface area contributed by atoms with Crippen LogP contribution in [0.25, 0.3) is 5.52 Å². The molecular weight excluding hydrogens is 384 g/mol. The Kier molecular flexibility index (Phi) is 4.64. The first-order chi connectivity index (χ1) is 13.1. The SMILES string of the molecule is C#Cc1cc(N2CCCC(NC(=O)c3ccc(Cl)s3)C2)c2c(N)ncnn12. The summed E-state index contributed by atoms with van der Waals surface area (Å²) in [6.07, 6.45) is 8.84. The summed E-state index contributed by atoms with van der Waals surface area (Å²) in [5, 5.41) is 7.31. The van der Waals surface area contributed by atoms with Gasteiger partial charge in [-0.3, -0.25) is 4.79 Å². The number of aromatic nitrogens is 3. The Bertz CT molecular complexity index is 1050. The first-order valence-electron chi connectivity index (χ1n) is 8.47. The van der Waals surface area contributed by atoms with Gasteiger partial charge in [0.15, 0.2) is 5.82 Å².